The van der Waals surface area contributed by atoms with Gasteiger partial charge in [0, 0.05) is 12.1 Å². The highest BCUT2D eigenvalue weighted by Gasteiger charge is 2.24. The van der Waals surface area contributed by atoms with Crippen molar-refractivity contribution < 1.29 is 17.6 Å². The van der Waals surface area contributed by atoms with Gasteiger partial charge in [0.25, 0.3) is 5.91 Å². The van der Waals surface area contributed by atoms with Gasteiger partial charge in [-0.1, -0.05) is 0 Å². The number of hydrogen-bond donors (Lipinski definition) is 2. The summed E-state index contributed by atoms with van der Waals surface area (Å²) in [7, 11) is -4.05. The Morgan fingerprint density at radius 1 is 1.47 bits per heavy atom. The number of carbonyl (C=O) groups excluding carboxylic acids is 1. The van der Waals surface area contributed by atoms with Gasteiger partial charge in [0.2, 0.25) is 10.0 Å². The van der Waals surface area contributed by atoms with E-state index in [1.807, 2.05) is 0 Å². The molecular formula is C12H15FN2O3S. The molecule has 0 saturated heterocycles. The van der Waals surface area contributed by atoms with Crippen LogP contribution < -0.4 is 10.5 Å². The van der Waals surface area contributed by atoms with Crippen molar-refractivity contribution in [2.45, 2.75) is 24.7 Å². The summed E-state index contributed by atoms with van der Waals surface area (Å²) in [5, 5.41) is 7.67. The summed E-state index contributed by atoms with van der Waals surface area (Å²) >= 11 is 0. The van der Waals surface area contributed by atoms with E-state index in [0.717, 1.165) is 25.0 Å². The number of benzene rings is 1. The van der Waals surface area contributed by atoms with E-state index in [4.69, 9.17) is 5.14 Å². The Bertz CT molecular complexity index is 624. The lowest BCUT2D eigenvalue weighted by atomic mass is 10.1. The van der Waals surface area contributed by atoms with Crippen molar-refractivity contribution in [3.8, 4) is 0 Å². The van der Waals surface area contributed by atoms with Crippen LogP contribution in [0.15, 0.2) is 17.0 Å². The topological polar surface area (TPSA) is 89.3 Å². The zero-order chi connectivity index (χ0) is 14.2. The summed E-state index contributed by atoms with van der Waals surface area (Å²) < 4.78 is 36.1. The van der Waals surface area contributed by atoms with Crippen molar-refractivity contribution in [2.75, 3.05) is 6.54 Å². The maximum atomic E-state index is 13.4. The van der Waals surface area contributed by atoms with Gasteiger partial charge < -0.3 is 5.32 Å². The third-order valence-corrected chi connectivity index (χ3v) is 4.16. The summed E-state index contributed by atoms with van der Waals surface area (Å²) in [4.78, 5) is 11.6. The van der Waals surface area contributed by atoms with E-state index in [-0.39, 0.29) is 16.0 Å². The standard InChI is InChI=1S/C12H15FN2O3S/c1-7-10(12(16)15-6-8-2-3-8)4-9(13)5-11(7)19(14,17)18/h4-5,8H,2-3,6H2,1H3,(H,15,16)(H2,14,17,18). The first-order valence-electron chi connectivity index (χ1n) is 5.90. The van der Waals surface area contributed by atoms with Crippen molar-refractivity contribution in [1.82, 2.24) is 5.32 Å². The van der Waals surface area contributed by atoms with E-state index in [9.17, 15) is 17.6 Å². The molecule has 19 heavy (non-hydrogen) atoms. The molecule has 1 fully saturated rings. The van der Waals surface area contributed by atoms with E-state index in [0.29, 0.717) is 12.5 Å². The first-order chi connectivity index (χ1) is 8.79. The molecule has 5 nitrogen and oxygen atoms in total. The lowest BCUT2D eigenvalue weighted by Gasteiger charge is -2.10. The molecule has 1 aromatic rings. The molecule has 104 valence electrons. The SMILES string of the molecule is Cc1c(C(=O)NCC2CC2)cc(F)cc1S(N)(=O)=O. The molecule has 3 N–H and O–H groups in total. The van der Waals surface area contributed by atoms with Crippen LogP contribution >= 0.6 is 0 Å². The van der Waals surface area contributed by atoms with Gasteiger partial charge in [-0.3, -0.25) is 4.79 Å². The summed E-state index contributed by atoms with van der Waals surface area (Å²) in [6.07, 6.45) is 2.15. The third kappa shape index (κ3) is 3.30. The molecule has 1 aromatic carbocycles. The smallest absolute Gasteiger partial charge is 0.251 e. The van der Waals surface area contributed by atoms with Crippen LogP contribution in [0.4, 0.5) is 4.39 Å². The Kier molecular flexibility index (Phi) is 3.60. The molecule has 1 amide bonds. The summed E-state index contributed by atoms with van der Waals surface area (Å²) in [6, 6.07) is 1.84. The van der Waals surface area contributed by atoms with Crippen molar-refractivity contribution in [1.29, 1.82) is 0 Å². The van der Waals surface area contributed by atoms with Crippen LogP contribution in [0.1, 0.15) is 28.8 Å². The highest BCUT2D eigenvalue weighted by molar-refractivity contribution is 7.89. The van der Waals surface area contributed by atoms with Gasteiger partial charge in [0.1, 0.15) is 5.82 Å². The largest absolute Gasteiger partial charge is 0.352 e. The quantitative estimate of drug-likeness (QED) is 0.862. The molecule has 0 heterocycles. The number of halogens is 1. The molecule has 2 rings (SSSR count). The number of sulfonamides is 1. The maximum Gasteiger partial charge on any atom is 0.251 e. The molecule has 0 atom stereocenters. The van der Waals surface area contributed by atoms with E-state index in [1.54, 1.807) is 0 Å². The second-order valence-corrected chi connectivity index (χ2v) is 6.30. The monoisotopic (exact) mass is 286 g/mol. The van der Waals surface area contributed by atoms with Gasteiger partial charge >= 0.3 is 0 Å². The molecule has 0 aromatic heterocycles. The number of amides is 1. The number of nitrogens with two attached hydrogens (primary N) is 1. The van der Waals surface area contributed by atoms with Crippen LogP contribution in [-0.2, 0) is 10.0 Å². The molecule has 1 aliphatic rings. The van der Waals surface area contributed by atoms with Crippen molar-refractivity contribution in [3.63, 3.8) is 0 Å². The zero-order valence-corrected chi connectivity index (χ0v) is 11.3. The fraction of sp³-hybridized carbons (Fsp3) is 0.417. The second-order valence-electron chi connectivity index (χ2n) is 4.77. The third-order valence-electron chi connectivity index (χ3n) is 3.12. The van der Waals surface area contributed by atoms with Gasteiger partial charge in [0.15, 0.2) is 0 Å². The first-order valence-corrected chi connectivity index (χ1v) is 7.45. The number of hydrogen-bond acceptors (Lipinski definition) is 3. The van der Waals surface area contributed by atoms with Gasteiger partial charge in [-0.2, -0.15) is 0 Å². The second kappa shape index (κ2) is 4.90. The number of carbonyl (C=O) groups is 1. The van der Waals surface area contributed by atoms with Crippen LogP contribution in [-0.4, -0.2) is 20.9 Å². The van der Waals surface area contributed by atoms with E-state index < -0.39 is 21.7 Å². The van der Waals surface area contributed by atoms with Gasteiger partial charge in [-0.05, 0) is 43.4 Å². The molecule has 0 bridgehead atoms. The van der Waals surface area contributed by atoms with Gasteiger partial charge in [0.05, 0.1) is 4.90 Å². The number of rotatable bonds is 4. The lowest BCUT2D eigenvalue weighted by Crippen LogP contribution is -2.27. The fourth-order valence-electron chi connectivity index (χ4n) is 1.84. The van der Waals surface area contributed by atoms with E-state index >= 15 is 0 Å². The zero-order valence-electron chi connectivity index (χ0n) is 10.4. The van der Waals surface area contributed by atoms with Crippen molar-refractivity contribution in [3.05, 3.63) is 29.1 Å². The van der Waals surface area contributed by atoms with E-state index in [2.05, 4.69) is 5.32 Å². The normalized spacial score (nSPS) is 15.3. The maximum absolute atomic E-state index is 13.4. The molecule has 7 heteroatoms. The minimum Gasteiger partial charge on any atom is -0.352 e. The Balaban J connectivity index is 2.33. The molecule has 1 saturated carbocycles. The number of primary sulfonamides is 1. The van der Waals surface area contributed by atoms with Gasteiger partial charge in [-0.25, -0.2) is 17.9 Å². The number of nitrogens with one attached hydrogen (secondary N) is 1. The minimum atomic E-state index is -4.05. The van der Waals surface area contributed by atoms with Crippen molar-refractivity contribution in [2.24, 2.45) is 11.1 Å². The van der Waals surface area contributed by atoms with E-state index in [1.165, 1.54) is 6.92 Å². The summed E-state index contributed by atoms with van der Waals surface area (Å²) in [6.45, 7) is 1.96. The average molecular weight is 286 g/mol. The molecule has 0 spiro atoms. The molecule has 1 aliphatic carbocycles. The van der Waals surface area contributed by atoms with Gasteiger partial charge in [-0.15, -0.1) is 0 Å². The fourth-order valence-corrected chi connectivity index (χ4v) is 2.65. The predicted molar refractivity (Wildman–Crippen MR) is 67.6 cm³/mol. The van der Waals surface area contributed by atoms with Crippen molar-refractivity contribution >= 4 is 15.9 Å². The van der Waals surface area contributed by atoms with Crippen LogP contribution in [0.3, 0.4) is 0 Å². The summed E-state index contributed by atoms with van der Waals surface area (Å²) in [5.74, 6) is -0.796. The molecule has 0 unspecified atom stereocenters. The predicted octanol–water partition coefficient (Wildman–Crippen LogP) is 0.921. The Labute approximate surface area is 111 Å². The first kappa shape index (κ1) is 14.0. The van der Waals surface area contributed by atoms with Crippen LogP contribution in [0.2, 0.25) is 0 Å². The molecule has 0 radical (unpaired) electrons. The highest BCUT2D eigenvalue weighted by Crippen LogP contribution is 2.28. The van der Waals surface area contributed by atoms with Crippen LogP contribution in [0, 0.1) is 18.7 Å². The average Bonchev–Trinajstić information content (AvgIpc) is 3.11. The van der Waals surface area contributed by atoms with Crippen LogP contribution in [0.25, 0.3) is 0 Å². The molecular weight excluding hydrogens is 271 g/mol. The van der Waals surface area contributed by atoms with Crippen LogP contribution in [0.5, 0.6) is 0 Å². The Morgan fingerprint density at radius 3 is 2.63 bits per heavy atom. The lowest BCUT2D eigenvalue weighted by molar-refractivity contribution is 0.0950. The molecule has 0 aliphatic heterocycles. The summed E-state index contributed by atoms with van der Waals surface area (Å²) in [5.41, 5.74) is 0.168. The minimum absolute atomic E-state index is 0.00433. The Hall–Kier alpha value is -1.47. The highest BCUT2D eigenvalue weighted by atomic mass is 32.2. The Morgan fingerprint density at radius 2 is 2.11 bits per heavy atom.